The van der Waals surface area contributed by atoms with Gasteiger partial charge in [0, 0.05) is 45.1 Å². The SMILES string of the molecule is CC(C)c1cccc(-c2cnc(-c3ccccc3)nc2-c2cc(C#N)cc(-c3ccc4c(c3)OC(c3ccccc3)(c3ccccc3)c3ccc(F)cc3-4)c2)c1. The van der Waals surface area contributed by atoms with Gasteiger partial charge in [0.05, 0.1) is 17.3 Å². The summed E-state index contributed by atoms with van der Waals surface area (Å²) in [6.07, 6.45) is 1.89. The summed E-state index contributed by atoms with van der Waals surface area (Å²) in [6, 6.07) is 57.8. The van der Waals surface area contributed by atoms with Gasteiger partial charge in [0.15, 0.2) is 11.4 Å². The molecule has 8 aromatic rings. The van der Waals surface area contributed by atoms with Crippen LogP contribution >= 0.6 is 0 Å². The van der Waals surface area contributed by atoms with Gasteiger partial charge in [-0.05, 0) is 70.1 Å². The maximum Gasteiger partial charge on any atom is 0.185 e. The molecule has 0 bridgehead atoms. The van der Waals surface area contributed by atoms with E-state index in [9.17, 15) is 5.26 Å². The normalized spacial score (nSPS) is 12.6. The monoisotopic (exact) mass is 725 g/mol. The van der Waals surface area contributed by atoms with Crippen LogP contribution in [0.25, 0.3) is 56.0 Å². The van der Waals surface area contributed by atoms with Crippen LogP contribution in [0.2, 0.25) is 0 Å². The highest BCUT2D eigenvalue weighted by molar-refractivity contribution is 5.87. The number of nitriles is 1. The Bertz CT molecular complexity index is 2740. The number of ether oxygens (including phenoxy) is 1. The van der Waals surface area contributed by atoms with Gasteiger partial charge in [-0.1, -0.05) is 147 Å². The van der Waals surface area contributed by atoms with E-state index >= 15 is 4.39 Å². The van der Waals surface area contributed by atoms with Crippen LogP contribution in [0.3, 0.4) is 0 Å². The zero-order valence-corrected chi connectivity index (χ0v) is 30.9. The molecule has 5 heteroatoms. The summed E-state index contributed by atoms with van der Waals surface area (Å²) in [6.45, 7) is 4.36. The zero-order chi connectivity index (χ0) is 38.2. The number of fused-ring (bicyclic) bond motifs is 3. The topological polar surface area (TPSA) is 58.8 Å². The number of hydrogen-bond acceptors (Lipinski definition) is 4. The van der Waals surface area contributed by atoms with E-state index in [1.165, 1.54) is 11.6 Å². The summed E-state index contributed by atoms with van der Waals surface area (Å²) in [5, 5.41) is 10.4. The van der Waals surface area contributed by atoms with Crippen molar-refractivity contribution < 1.29 is 9.13 Å². The first kappa shape index (κ1) is 34.6. The first-order chi connectivity index (χ1) is 27.4. The van der Waals surface area contributed by atoms with Crippen molar-refractivity contribution in [3.63, 3.8) is 0 Å². The van der Waals surface area contributed by atoms with Crippen molar-refractivity contribution in [1.82, 2.24) is 9.97 Å². The molecule has 4 nitrogen and oxygen atoms in total. The molecule has 56 heavy (non-hydrogen) atoms. The third-order valence-corrected chi connectivity index (χ3v) is 10.6. The highest BCUT2D eigenvalue weighted by Gasteiger charge is 2.44. The fourth-order valence-electron chi connectivity index (χ4n) is 7.82. The van der Waals surface area contributed by atoms with E-state index in [0.717, 1.165) is 66.9 Å². The molecule has 1 aliphatic heterocycles. The largest absolute Gasteiger partial charge is 0.472 e. The molecule has 1 aliphatic rings. The van der Waals surface area contributed by atoms with Gasteiger partial charge >= 0.3 is 0 Å². The molecule has 0 saturated carbocycles. The lowest BCUT2D eigenvalue weighted by Gasteiger charge is -2.41. The lowest BCUT2D eigenvalue weighted by Crippen LogP contribution is -2.38. The van der Waals surface area contributed by atoms with Gasteiger partial charge in [0.25, 0.3) is 0 Å². The molecule has 9 rings (SSSR count). The van der Waals surface area contributed by atoms with Crippen LogP contribution in [-0.2, 0) is 5.60 Å². The smallest absolute Gasteiger partial charge is 0.185 e. The summed E-state index contributed by atoms with van der Waals surface area (Å²) in [5.41, 5.74) is 10.9. The lowest BCUT2D eigenvalue weighted by atomic mass is 9.75. The van der Waals surface area contributed by atoms with Crippen LogP contribution in [-0.4, -0.2) is 9.97 Å². The summed E-state index contributed by atoms with van der Waals surface area (Å²) >= 11 is 0. The van der Waals surface area contributed by atoms with Crippen molar-refractivity contribution in [1.29, 1.82) is 5.26 Å². The van der Waals surface area contributed by atoms with Gasteiger partial charge < -0.3 is 4.74 Å². The fraction of sp³-hybridized carbons (Fsp3) is 0.0784. The maximum absolute atomic E-state index is 15.2. The van der Waals surface area contributed by atoms with E-state index < -0.39 is 5.60 Å². The van der Waals surface area contributed by atoms with Gasteiger partial charge in [0.1, 0.15) is 11.6 Å². The van der Waals surface area contributed by atoms with E-state index in [-0.39, 0.29) is 5.82 Å². The molecule has 0 radical (unpaired) electrons. The third-order valence-electron chi connectivity index (χ3n) is 10.6. The molecule has 0 N–H and O–H groups in total. The van der Waals surface area contributed by atoms with Gasteiger partial charge in [-0.15, -0.1) is 0 Å². The molecule has 0 spiro atoms. The quantitative estimate of drug-likeness (QED) is 0.164. The van der Waals surface area contributed by atoms with Crippen molar-refractivity contribution in [2.75, 3.05) is 0 Å². The molecule has 0 amide bonds. The summed E-state index contributed by atoms with van der Waals surface area (Å²) in [7, 11) is 0. The van der Waals surface area contributed by atoms with Crippen LogP contribution in [0, 0.1) is 17.1 Å². The third kappa shape index (κ3) is 6.12. The lowest BCUT2D eigenvalue weighted by molar-refractivity contribution is 0.152. The van der Waals surface area contributed by atoms with Crippen molar-refractivity contribution in [2.24, 2.45) is 0 Å². The number of nitrogens with zero attached hydrogens (tertiary/aromatic N) is 3. The van der Waals surface area contributed by atoms with Gasteiger partial charge in [-0.2, -0.15) is 5.26 Å². The van der Waals surface area contributed by atoms with Crippen molar-refractivity contribution in [2.45, 2.75) is 25.4 Å². The van der Waals surface area contributed by atoms with E-state index in [4.69, 9.17) is 14.7 Å². The summed E-state index contributed by atoms with van der Waals surface area (Å²) in [4.78, 5) is 10.0. The number of benzene rings is 7. The Balaban J connectivity index is 1.24. The summed E-state index contributed by atoms with van der Waals surface area (Å²) < 4.78 is 22.4. The fourth-order valence-corrected chi connectivity index (χ4v) is 7.82. The average molecular weight is 726 g/mol. The van der Waals surface area contributed by atoms with Crippen LogP contribution in [0.4, 0.5) is 4.39 Å². The molecular weight excluding hydrogens is 690 g/mol. The van der Waals surface area contributed by atoms with Crippen LogP contribution < -0.4 is 4.74 Å². The minimum absolute atomic E-state index is 0.323. The van der Waals surface area contributed by atoms with Crippen LogP contribution in [0.15, 0.2) is 176 Å². The van der Waals surface area contributed by atoms with Gasteiger partial charge in [-0.3, -0.25) is 0 Å². The van der Waals surface area contributed by atoms with Crippen molar-refractivity contribution in [3.8, 4) is 67.8 Å². The Kier molecular flexibility index (Phi) is 8.80. The molecular formula is C51H36FN3O. The second-order valence-electron chi connectivity index (χ2n) is 14.4. The predicted molar refractivity (Wildman–Crippen MR) is 221 cm³/mol. The molecule has 268 valence electrons. The van der Waals surface area contributed by atoms with E-state index in [1.807, 2.05) is 109 Å². The van der Waals surface area contributed by atoms with Crippen LogP contribution in [0.1, 0.15) is 47.6 Å². The number of hydrogen-bond donors (Lipinski definition) is 0. The minimum atomic E-state index is -1.05. The second-order valence-corrected chi connectivity index (χ2v) is 14.4. The van der Waals surface area contributed by atoms with E-state index in [0.29, 0.717) is 23.1 Å². The first-order valence-corrected chi connectivity index (χ1v) is 18.7. The van der Waals surface area contributed by atoms with Gasteiger partial charge in [-0.25, -0.2) is 14.4 Å². The number of halogens is 1. The minimum Gasteiger partial charge on any atom is -0.472 e. The number of aromatic nitrogens is 2. The Morgan fingerprint density at radius 2 is 1.27 bits per heavy atom. The Morgan fingerprint density at radius 3 is 1.96 bits per heavy atom. The Morgan fingerprint density at radius 1 is 0.589 bits per heavy atom. The molecule has 2 heterocycles. The highest BCUT2D eigenvalue weighted by Crippen LogP contribution is 2.52. The molecule has 0 aliphatic carbocycles. The molecule has 0 saturated heterocycles. The Hall–Kier alpha value is -7.16. The summed E-state index contributed by atoms with van der Waals surface area (Å²) in [5.74, 6) is 1.22. The zero-order valence-electron chi connectivity index (χ0n) is 30.9. The number of rotatable bonds is 7. The van der Waals surface area contributed by atoms with Gasteiger partial charge in [0.2, 0.25) is 0 Å². The van der Waals surface area contributed by atoms with Crippen molar-refractivity contribution >= 4 is 0 Å². The molecule has 0 unspecified atom stereocenters. The Labute approximate surface area is 326 Å². The van der Waals surface area contributed by atoms with Crippen LogP contribution in [0.5, 0.6) is 5.75 Å². The van der Waals surface area contributed by atoms with Crippen molar-refractivity contribution in [3.05, 3.63) is 210 Å². The second kappa shape index (κ2) is 14.2. The van der Waals surface area contributed by atoms with E-state index in [1.54, 1.807) is 6.07 Å². The molecule has 7 aromatic carbocycles. The molecule has 0 fully saturated rings. The van der Waals surface area contributed by atoms with E-state index in [2.05, 4.69) is 74.5 Å². The first-order valence-electron chi connectivity index (χ1n) is 18.7. The predicted octanol–water partition coefficient (Wildman–Crippen LogP) is 12.6. The molecule has 0 atom stereocenters. The highest BCUT2D eigenvalue weighted by atomic mass is 19.1. The maximum atomic E-state index is 15.2. The standard InChI is InChI=1S/C51H36FN3O/c1-33(2)36-15-12-16-38(27-36)46-32-54-50(35-13-6-3-7-14-35)55-49(46)40-26-34(31-53)25-39(28-40)37-21-23-44-45-30-43(52)22-24-47(45)51(56-48(44)29-37,41-17-8-4-9-18-41)42-19-10-5-11-20-42/h3-30,32-33H,1-2H3. The average Bonchev–Trinajstić information content (AvgIpc) is 3.26. The molecule has 1 aromatic heterocycles.